The minimum absolute atomic E-state index is 0.0850. The van der Waals surface area contributed by atoms with Gasteiger partial charge in [-0.2, -0.15) is 0 Å². The van der Waals surface area contributed by atoms with Crippen LogP contribution in [0.4, 0.5) is 0 Å². The Bertz CT molecular complexity index is 1150. The summed E-state index contributed by atoms with van der Waals surface area (Å²) in [6.07, 6.45) is 0. The maximum Gasteiger partial charge on any atom is 0.224 e. The van der Waals surface area contributed by atoms with Crippen molar-refractivity contribution in [3.8, 4) is 11.3 Å². The average molecular weight is 346 g/mol. The molecular formula is C16H4B5ClN2S. The summed E-state index contributed by atoms with van der Waals surface area (Å²) in [4.78, 5) is 9.43. The molecule has 0 fully saturated rings. The van der Waals surface area contributed by atoms with Crippen LogP contribution in [0.3, 0.4) is 0 Å². The summed E-state index contributed by atoms with van der Waals surface area (Å²) < 4.78 is 1.05. The molecule has 0 saturated carbocycles. The fourth-order valence-corrected chi connectivity index (χ4v) is 4.18. The zero-order chi connectivity index (χ0) is 17.9. The molecule has 4 rings (SSSR count). The van der Waals surface area contributed by atoms with E-state index in [1.807, 2.05) is 24.3 Å². The molecule has 106 valence electrons. The van der Waals surface area contributed by atoms with Crippen LogP contribution in [0.2, 0.25) is 5.28 Å². The molecule has 0 saturated heterocycles. The second kappa shape index (κ2) is 5.96. The van der Waals surface area contributed by atoms with Crippen molar-refractivity contribution in [3.05, 3.63) is 29.5 Å². The fraction of sp³-hybridized carbons (Fsp3) is 0. The summed E-state index contributed by atoms with van der Waals surface area (Å²) in [5.74, 6) is 0. The summed E-state index contributed by atoms with van der Waals surface area (Å²) in [7, 11) is 30.3. The minimum Gasteiger partial charge on any atom is -0.217 e. The summed E-state index contributed by atoms with van der Waals surface area (Å²) in [6, 6.07) is 7.86. The molecular weight excluding hydrogens is 342 g/mol. The van der Waals surface area contributed by atoms with Crippen LogP contribution < -0.4 is 27.3 Å². The van der Waals surface area contributed by atoms with E-state index in [0.717, 1.165) is 20.3 Å². The van der Waals surface area contributed by atoms with E-state index >= 15 is 0 Å². The zero-order valence-electron chi connectivity index (χ0n) is 12.9. The Morgan fingerprint density at radius 3 is 2.08 bits per heavy atom. The first-order valence-electron chi connectivity index (χ1n) is 7.26. The Morgan fingerprint density at radius 1 is 0.800 bits per heavy atom. The molecule has 10 radical (unpaired) electrons. The monoisotopic (exact) mass is 346 g/mol. The van der Waals surface area contributed by atoms with Crippen molar-refractivity contribution in [2.24, 2.45) is 0 Å². The molecule has 0 bridgehead atoms. The fourth-order valence-electron chi connectivity index (χ4n) is 2.88. The van der Waals surface area contributed by atoms with E-state index in [-0.39, 0.29) is 32.6 Å². The predicted octanol–water partition coefficient (Wildman–Crippen LogP) is -0.866. The topological polar surface area (TPSA) is 25.8 Å². The number of fused-ring (bicyclic) bond motifs is 3. The first kappa shape index (κ1) is 16.8. The molecule has 0 aliphatic carbocycles. The molecule has 25 heavy (non-hydrogen) atoms. The first-order valence-corrected chi connectivity index (χ1v) is 8.46. The van der Waals surface area contributed by atoms with Gasteiger partial charge in [0.2, 0.25) is 5.28 Å². The number of thiophene rings is 1. The van der Waals surface area contributed by atoms with E-state index in [2.05, 4.69) is 9.97 Å². The van der Waals surface area contributed by atoms with Gasteiger partial charge >= 0.3 is 0 Å². The molecule has 0 aliphatic rings. The molecule has 0 spiro atoms. The van der Waals surface area contributed by atoms with Gasteiger partial charge < -0.3 is 0 Å². The Kier molecular flexibility index (Phi) is 4.01. The largest absolute Gasteiger partial charge is 0.224 e. The number of aromatic nitrogens is 2. The highest BCUT2D eigenvalue weighted by atomic mass is 35.5. The van der Waals surface area contributed by atoms with Gasteiger partial charge in [-0.25, -0.2) is 9.97 Å². The number of benzene rings is 2. The van der Waals surface area contributed by atoms with Crippen molar-refractivity contribution >= 4 is 110 Å². The van der Waals surface area contributed by atoms with Crippen LogP contribution in [0, 0.1) is 0 Å². The van der Waals surface area contributed by atoms with E-state index < -0.39 is 0 Å². The van der Waals surface area contributed by atoms with Crippen molar-refractivity contribution in [3.63, 3.8) is 0 Å². The highest BCUT2D eigenvalue weighted by Crippen LogP contribution is 2.37. The smallest absolute Gasteiger partial charge is 0.217 e. The quantitative estimate of drug-likeness (QED) is 0.331. The lowest BCUT2D eigenvalue weighted by molar-refractivity contribution is 1.24. The number of hydrogen-bond donors (Lipinski definition) is 0. The third kappa shape index (κ3) is 2.46. The lowest BCUT2D eigenvalue weighted by atomic mass is 9.60. The van der Waals surface area contributed by atoms with Crippen LogP contribution in [-0.4, -0.2) is 49.2 Å². The minimum atomic E-state index is 0.0850. The first-order chi connectivity index (χ1) is 11.9. The van der Waals surface area contributed by atoms with E-state index in [4.69, 9.17) is 50.8 Å². The normalized spacial score (nSPS) is 11.4. The maximum atomic E-state index is 6.20. The van der Waals surface area contributed by atoms with Crippen LogP contribution in [0.15, 0.2) is 24.3 Å². The lowest BCUT2D eigenvalue weighted by Gasteiger charge is -2.21. The molecule has 4 aromatic rings. The Morgan fingerprint density at radius 2 is 1.40 bits per heavy atom. The lowest BCUT2D eigenvalue weighted by Crippen LogP contribution is -2.55. The van der Waals surface area contributed by atoms with Crippen molar-refractivity contribution in [2.75, 3.05) is 0 Å². The maximum absolute atomic E-state index is 6.20. The number of nitrogens with zero attached hydrogens (tertiary/aromatic N) is 2. The molecule has 0 amide bonds. The second-order valence-electron chi connectivity index (χ2n) is 5.56. The van der Waals surface area contributed by atoms with Crippen LogP contribution in [0.5, 0.6) is 0 Å². The average Bonchev–Trinajstić information content (AvgIpc) is 2.96. The highest BCUT2D eigenvalue weighted by molar-refractivity contribution is 7.25. The third-order valence-electron chi connectivity index (χ3n) is 4.15. The Balaban J connectivity index is 2.23. The van der Waals surface area contributed by atoms with E-state index in [9.17, 15) is 0 Å². The number of halogens is 1. The molecule has 0 atom stereocenters. The van der Waals surface area contributed by atoms with Crippen molar-refractivity contribution in [2.45, 2.75) is 0 Å². The highest BCUT2D eigenvalue weighted by Gasteiger charge is 2.19. The summed E-state index contributed by atoms with van der Waals surface area (Å²) in [5, 5.41) is 1.86. The van der Waals surface area contributed by atoms with Crippen LogP contribution >= 0.6 is 22.9 Å². The molecule has 0 N–H and O–H groups in total. The van der Waals surface area contributed by atoms with Gasteiger partial charge in [0.25, 0.3) is 0 Å². The van der Waals surface area contributed by atoms with E-state index in [1.54, 1.807) is 0 Å². The van der Waals surface area contributed by atoms with Gasteiger partial charge in [-0.3, -0.25) is 0 Å². The summed E-state index contributed by atoms with van der Waals surface area (Å²) >= 11 is 7.64. The standard InChI is InChI=1S/C16H4B5ClN2S/c17-9-8(10(18)12(20)13(21)11(9)19)14-7-5-3-1-2-4-6(5)25-15(7)24-16(22)23-14/h1-4H. The SMILES string of the molecule is [B]c1c([B])c([B])c(-c2nc(Cl)nc3sc4ccccc4c23)c([B])c1[B]. The van der Waals surface area contributed by atoms with Crippen molar-refractivity contribution < 1.29 is 0 Å². The second-order valence-corrected chi connectivity index (χ2v) is 6.93. The molecule has 2 aromatic carbocycles. The molecule has 0 unspecified atom stereocenters. The van der Waals surface area contributed by atoms with Gasteiger partial charge in [-0.15, -0.1) is 27.7 Å². The predicted molar refractivity (Wildman–Crippen MR) is 112 cm³/mol. The Hall–Kier alpha value is -1.65. The zero-order valence-corrected chi connectivity index (χ0v) is 14.4. The van der Waals surface area contributed by atoms with Gasteiger partial charge in [0.1, 0.15) is 44.1 Å². The molecule has 2 aromatic heterocycles. The molecule has 2 heterocycles. The van der Waals surface area contributed by atoms with Gasteiger partial charge in [-0.05, 0) is 23.2 Å². The summed E-state index contributed by atoms with van der Waals surface area (Å²) in [5.41, 5.74) is 1.84. The van der Waals surface area contributed by atoms with Crippen LogP contribution in [0.25, 0.3) is 31.6 Å². The summed E-state index contributed by atoms with van der Waals surface area (Å²) in [6.45, 7) is 0. The number of hydrogen-bond acceptors (Lipinski definition) is 3. The third-order valence-corrected chi connectivity index (χ3v) is 5.38. The van der Waals surface area contributed by atoms with E-state index in [0.29, 0.717) is 11.3 Å². The number of rotatable bonds is 1. The molecule has 2 nitrogen and oxygen atoms in total. The van der Waals surface area contributed by atoms with Crippen molar-refractivity contribution in [1.82, 2.24) is 9.97 Å². The van der Waals surface area contributed by atoms with Gasteiger partial charge in [-0.1, -0.05) is 29.1 Å². The molecule has 0 aliphatic heterocycles. The molecule has 9 heteroatoms. The van der Waals surface area contributed by atoms with Gasteiger partial charge in [0, 0.05) is 15.5 Å². The van der Waals surface area contributed by atoms with E-state index in [1.165, 1.54) is 11.3 Å². The van der Waals surface area contributed by atoms with Crippen molar-refractivity contribution in [1.29, 1.82) is 0 Å². The van der Waals surface area contributed by atoms with Crippen LogP contribution in [-0.2, 0) is 0 Å². The van der Waals surface area contributed by atoms with Gasteiger partial charge in [0.05, 0.1) is 5.69 Å². The van der Waals surface area contributed by atoms with Gasteiger partial charge in [0.15, 0.2) is 0 Å². The van der Waals surface area contributed by atoms with Crippen LogP contribution in [0.1, 0.15) is 0 Å². The Labute approximate surface area is 160 Å².